The Balaban J connectivity index is 1.63. The number of rotatable bonds is 4. The molecule has 22 heavy (non-hydrogen) atoms. The zero-order chi connectivity index (χ0) is 15.4. The molecular weight excluding hydrogens is 280 g/mol. The fourth-order valence-corrected chi connectivity index (χ4v) is 2.90. The fraction of sp³-hybridized carbons (Fsp3) is 0.529. The van der Waals surface area contributed by atoms with Crippen molar-refractivity contribution in [2.24, 2.45) is 5.92 Å². The topological polar surface area (TPSA) is 51.7 Å². The van der Waals surface area contributed by atoms with Gasteiger partial charge in [-0.3, -0.25) is 4.79 Å². The molecule has 2 aliphatic rings. The summed E-state index contributed by atoms with van der Waals surface area (Å²) < 4.78 is 11.1. The number of hydrogen-bond acceptors (Lipinski definition) is 4. The molecule has 0 N–H and O–H groups in total. The zero-order valence-corrected chi connectivity index (χ0v) is 12.7. The Bertz CT molecular complexity index is 532. The first-order chi connectivity index (χ1) is 10.8. The number of likely N-dealkylation sites (tertiary alicyclic amines) is 1. The van der Waals surface area contributed by atoms with E-state index in [4.69, 9.17) is 9.47 Å². The summed E-state index contributed by atoms with van der Waals surface area (Å²) in [4.78, 5) is 18.7. The molecule has 0 saturated carbocycles. The molecule has 0 bridgehead atoms. The minimum Gasteiger partial charge on any atom is -0.472 e. The summed E-state index contributed by atoms with van der Waals surface area (Å²) in [6, 6.07) is 3.49. The average molecular weight is 302 g/mol. The summed E-state index contributed by atoms with van der Waals surface area (Å²) in [7, 11) is 0. The van der Waals surface area contributed by atoms with Crippen molar-refractivity contribution in [1.82, 2.24) is 9.88 Å². The molecule has 1 unspecified atom stereocenters. The van der Waals surface area contributed by atoms with Crippen LogP contribution in [0.2, 0.25) is 0 Å². The second kappa shape index (κ2) is 6.92. The molecule has 5 heteroatoms. The molecular formula is C17H22N2O3. The Morgan fingerprint density at radius 1 is 1.41 bits per heavy atom. The normalized spacial score (nSPS) is 22.5. The highest BCUT2D eigenvalue weighted by atomic mass is 16.5. The third kappa shape index (κ3) is 3.47. The van der Waals surface area contributed by atoms with Crippen molar-refractivity contribution in [3.8, 4) is 5.88 Å². The molecule has 1 aromatic heterocycles. The molecule has 1 atom stereocenters. The third-order valence-corrected chi connectivity index (χ3v) is 4.32. The average Bonchev–Trinajstić information content (AvgIpc) is 3.07. The summed E-state index contributed by atoms with van der Waals surface area (Å²) >= 11 is 0. The highest BCUT2D eigenvalue weighted by Gasteiger charge is 2.23. The van der Waals surface area contributed by atoms with Crippen LogP contribution in [0.25, 0.3) is 0 Å². The summed E-state index contributed by atoms with van der Waals surface area (Å²) in [5.41, 5.74) is 0.640. The van der Waals surface area contributed by atoms with E-state index in [1.165, 1.54) is 0 Å². The van der Waals surface area contributed by atoms with Crippen LogP contribution in [-0.4, -0.2) is 48.2 Å². The standard InChI is InChI=1S/C17H22N2O3/c1-2-13-4-8-19(9-5-13)17(20)14-3-7-18-16(11-14)22-15-6-10-21-12-15/h2-3,7,11,13,15H,1,4-6,8-10,12H2. The van der Waals surface area contributed by atoms with Crippen LogP contribution in [0.15, 0.2) is 31.0 Å². The van der Waals surface area contributed by atoms with Crippen molar-refractivity contribution in [2.75, 3.05) is 26.3 Å². The van der Waals surface area contributed by atoms with Gasteiger partial charge in [-0.2, -0.15) is 0 Å². The van der Waals surface area contributed by atoms with Gasteiger partial charge in [-0.1, -0.05) is 6.08 Å². The van der Waals surface area contributed by atoms with Crippen molar-refractivity contribution < 1.29 is 14.3 Å². The van der Waals surface area contributed by atoms with Crippen molar-refractivity contribution >= 4 is 5.91 Å². The van der Waals surface area contributed by atoms with Crippen LogP contribution < -0.4 is 4.74 Å². The predicted octanol–water partition coefficient (Wildman–Crippen LogP) is 2.29. The van der Waals surface area contributed by atoms with Gasteiger partial charge in [0.05, 0.1) is 13.2 Å². The molecule has 0 aliphatic carbocycles. The molecule has 3 rings (SSSR count). The van der Waals surface area contributed by atoms with Gasteiger partial charge in [-0.15, -0.1) is 6.58 Å². The summed E-state index contributed by atoms with van der Waals surface area (Å²) in [6.07, 6.45) is 6.51. The van der Waals surface area contributed by atoms with Crippen LogP contribution in [0.3, 0.4) is 0 Å². The molecule has 3 heterocycles. The van der Waals surface area contributed by atoms with Gasteiger partial charge in [0, 0.05) is 37.3 Å². The maximum absolute atomic E-state index is 12.6. The molecule has 118 valence electrons. The first-order valence-electron chi connectivity index (χ1n) is 7.88. The molecule has 0 aromatic carbocycles. The number of piperidine rings is 1. The molecule has 2 aliphatic heterocycles. The van der Waals surface area contributed by atoms with Gasteiger partial charge >= 0.3 is 0 Å². The number of carbonyl (C=O) groups excluding carboxylic acids is 1. The Kier molecular flexibility index (Phi) is 4.73. The maximum atomic E-state index is 12.6. The smallest absolute Gasteiger partial charge is 0.254 e. The number of allylic oxidation sites excluding steroid dienone is 1. The number of amides is 1. The highest BCUT2D eigenvalue weighted by molar-refractivity contribution is 5.94. The first-order valence-corrected chi connectivity index (χ1v) is 7.88. The van der Waals surface area contributed by atoms with Crippen LogP contribution in [0.4, 0.5) is 0 Å². The maximum Gasteiger partial charge on any atom is 0.254 e. The van der Waals surface area contributed by atoms with E-state index in [1.807, 2.05) is 11.0 Å². The predicted molar refractivity (Wildman–Crippen MR) is 82.9 cm³/mol. The van der Waals surface area contributed by atoms with Crippen LogP contribution >= 0.6 is 0 Å². The van der Waals surface area contributed by atoms with Crippen molar-refractivity contribution in [3.63, 3.8) is 0 Å². The first kappa shape index (κ1) is 15.0. The Morgan fingerprint density at radius 3 is 2.91 bits per heavy atom. The van der Waals surface area contributed by atoms with Gasteiger partial charge in [0.1, 0.15) is 6.10 Å². The summed E-state index contributed by atoms with van der Waals surface area (Å²) in [5.74, 6) is 1.09. The van der Waals surface area contributed by atoms with Crippen molar-refractivity contribution in [1.29, 1.82) is 0 Å². The number of ether oxygens (including phenoxy) is 2. The zero-order valence-electron chi connectivity index (χ0n) is 12.7. The van der Waals surface area contributed by atoms with Crippen molar-refractivity contribution in [2.45, 2.75) is 25.4 Å². The Hall–Kier alpha value is -1.88. The lowest BCUT2D eigenvalue weighted by Gasteiger charge is -2.30. The van der Waals surface area contributed by atoms with Crippen molar-refractivity contribution in [3.05, 3.63) is 36.5 Å². The quantitative estimate of drug-likeness (QED) is 0.801. The Labute approximate surface area is 130 Å². The number of pyridine rings is 1. The van der Waals surface area contributed by atoms with Gasteiger partial charge in [0.2, 0.25) is 5.88 Å². The summed E-state index contributed by atoms with van der Waals surface area (Å²) in [6.45, 7) is 6.71. The largest absolute Gasteiger partial charge is 0.472 e. The highest BCUT2D eigenvalue weighted by Crippen LogP contribution is 2.21. The number of hydrogen-bond donors (Lipinski definition) is 0. The lowest BCUT2D eigenvalue weighted by Crippen LogP contribution is -2.38. The van der Waals surface area contributed by atoms with E-state index in [2.05, 4.69) is 11.6 Å². The van der Waals surface area contributed by atoms with Crippen LogP contribution in [0, 0.1) is 5.92 Å². The molecule has 1 aromatic rings. The third-order valence-electron chi connectivity index (χ3n) is 4.32. The van der Waals surface area contributed by atoms with Gasteiger partial charge in [-0.05, 0) is 24.8 Å². The van der Waals surface area contributed by atoms with Crippen LogP contribution in [-0.2, 0) is 4.74 Å². The number of aromatic nitrogens is 1. The van der Waals surface area contributed by atoms with E-state index < -0.39 is 0 Å². The lowest BCUT2D eigenvalue weighted by molar-refractivity contribution is 0.0704. The Morgan fingerprint density at radius 2 is 2.23 bits per heavy atom. The van der Waals surface area contributed by atoms with Gasteiger partial charge in [0.25, 0.3) is 5.91 Å². The molecule has 0 radical (unpaired) electrons. The van der Waals surface area contributed by atoms with Gasteiger partial charge in [-0.25, -0.2) is 4.98 Å². The second-order valence-corrected chi connectivity index (χ2v) is 5.85. The van der Waals surface area contributed by atoms with Crippen LogP contribution in [0.5, 0.6) is 5.88 Å². The minimum atomic E-state index is 0.0428. The van der Waals surface area contributed by atoms with Gasteiger partial charge < -0.3 is 14.4 Å². The van der Waals surface area contributed by atoms with E-state index in [0.29, 0.717) is 24.0 Å². The fourth-order valence-electron chi connectivity index (χ4n) is 2.90. The molecule has 2 saturated heterocycles. The lowest BCUT2D eigenvalue weighted by atomic mass is 9.97. The summed E-state index contributed by atoms with van der Waals surface area (Å²) in [5, 5.41) is 0. The van der Waals surface area contributed by atoms with E-state index in [9.17, 15) is 4.79 Å². The van der Waals surface area contributed by atoms with E-state index >= 15 is 0 Å². The molecule has 5 nitrogen and oxygen atoms in total. The minimum absolute atomic E-state index is 0.0428. The van der Waals surface area contributed by atoms with Gasteiger partial charge in [0.15, 0.2) is 0 Å². The second-order valence-electron chi connectivity index (χ2n) is 5.85. The SMILES string of the molecule is C=CC1CCN(C(=O)c2ccnc(OC3CCOC3)c2)CC1. The van der Waals surface area contributed by atoms with Crippen LogP contribution in [0.1, 0.15) is 29.6 Å². The molecule has 1 amide bonds. The number of nitrogens with zero attached hydrogens (tertiary/aromatic N) is 2. The van der Waals surface area contributed by atoms with E-state index in [-0.39, 0.29) is 12.0 Å². The number of carbonyl (C=O) groups is 1. The molecule has 0 spiro atoms. The monoisotopic (exact) mass is 302 g/mol. The molecule has 2 fully saturated rings. The van der Waals surface area contributed by atoms with E-state index in [1.54, 1.807) is 18.3 Å². The van der Waals surface area contributed by atoms with E-state index in [0.717, 1.165) is 39.0 Å².